The Morgan fingerprint density at radius 1 is 1.11 bits per heavy atom. The van der Waals surface area contributed by atoms with E-state index in [1.807, 2.05) is 0 Å². The Morgan fingerprint density at radius 2 is 1.72 bits per heavy atom. The molecule has 0 amide bonds. The fourth-order valence-corrected chi connectivity index (χ4v) is 3.04. The zero-order valence-corrected chi connectivity index (χ0v) is 12.6. The van der Waals surface area contributed by atoms with Crippen LogP contribution in [-0.2, 0) is 10.0 Å². The van der Waals surface area contributed by atoms with Crippen molar-refractivity contribution < 1.29 is 8.42 Å². The standard InChI is InChI=1S/C12H17Cl2NO2S/c1-15(10-4-2-3-9-13)18(16,17)12-7-5-11(14)6-8-12/h5-8H,2-4,9-10H2,1H3. The van der Waals surface area contributed by atoms with Gasteiger partial charge < -0.3 is 0 Å². The molecule has 0 radical (unpaired) electrons. The summed E-state index contributed by atoms with van der Waals surface area (Å²) in [7, 11) is -1.81. The Labute approximate surface area is 119 Å². The zero-order valence-electron chi connectivity index (χ0n) is 10.3. The molecule has 0 atom stereocenters. The maximum atomic E-state index is 12.2. The van der Waals surface area contributed by atoms with Gasteiger partial charge in [0.1, 0.15) is 0 Å². The monoisotopic (exact) mass is 309 g/mol. The molecular weight excluding hydrogens is 293 g/mol. The van der Waals surface area contributed by atoms with E-state index >= 15 is 0 Å². The van der Waals surface area contributed by atoms with E-state index in [1.54, 1.807) is 19.2 Å². The van der Waals surface area contributed by atoms with Gasteiger partial charge in [0.2, 0.25) is 10.0 Å². The molecule has 0 unspecified atom stereocenters. The maximum Gasteiger partial charge on any atom is 0.242 e. The van der Waals surface area contributed by atoms with E-state index in [0.717, 1.165) is 19.3 Å². The molecule has 0 aliphatic heterocycles. The van der Waals surface area contributed by atoms with E-state index < -0.39 is 10.0 Å². The average Bonchev–Trinajstić information content (AvgIpc) is 2.35. The van der Waals surface area contributed by atoms with Crippen molar-refractivity contribution in [2.45, 2.75) is 24.2 Å². The van der Waals surface area contributed by atoms with Crippen LogP contribution in [0.2, 0.25) is 5.02 Å². The summed E-state index contributed by atoms with van der Waals surface area (Å²) in [5, 5.41) is 0.527. The number of halogens is 2. The lowest BCUT2D eigenvalue weighted by Crippen LogP contribution is -2.27. The summed E-state index contributed by atoms with van der Waals surface area (Å²) in [5.41, 5.74) is 0. The predicted molar refractivity (Wildman–Crippen MR) is 75.8 cm³/mol. The highest BCUT2D eigenvalue weighted by atomic mass is 35.5. The van der Waals surface area contributed by atoms with Crippen LogP contribution in [0, 0.1) is 0 Å². The Morgan fingerprint density at radius 3 is 2.28 bits per heavy atom. The Kier molecular flexibility index (Phi) is 6.43. The van der Waals surface area contributed by atoms with Gasteiger partial charge in [-0.25, -0.2) is 12.7 Å². The van der Waals surface area contributed by atoms with Crippen molar-refractivity contribution in [1.29, 1.82) is 0 Å². The highest BCUT2D eigenvalue weighted by Crippen LogP contribution is 2.17. The highest BCUT2D eigenvalue weighted by Gasteiger charge is 2.19. The van der Waals surface area contributed by atoms with E-state index in [0.29, 0.717) is 17.4 Å². The number of alkyl halides is 1. The molecule has 0 bridgehead atoms. The van der Waals surface area contributed by atoms with E-state index in [9.17, 15) is 8.42 Å². The summed E-state index contributed by atoms with van der Waals surface area (Å²) in [4.78, 5) is 0.270. The minimum Gasteiger partial charge on any atom is -0.207 e. The summed E-state index contributed by atoms with van der Waals surface area (Å²) in [6, 6.07) is 6.20. The first-order valence-electron chi connectivity index (χ1n) is 5.76. The largest absolute Gasteiger partial charge is 0.242 e. The molecule has 0 fully saturated rings. The van der Waals surface area contributed by atoms with Gasteiger partial charge in [0, 0.05) is 24.5 Å². The molecule has 0 heterocycles. The van der Waals surface area contributed by atoms with E-state index in [2.05, 4.69) is 0 Å². The third-order valence-corrected chi connectivity index (χ3v) is 5.02. The Balaban J connectivity index is 2.65. The lowest BCUT2D eigenvalue weighted by molar-refractivity contribution is 0.454. The lowest BCUT2D eigenvalue weighted by Gasteiger charge is -2.17. The first kappa shape index (κ1) is 15.8. The molecule has 0 aliphatic carbocycles. The maximum absolute atomic E-state index is 12.2. The number of hydrogen-bond donors (Lipinski definition) is 0. The first-order valence-corrected chi connectivity index (χ1v) is 8.11. The second-order valence-electron chi connectivity index (χ2n) is 4.03. The summed E-state index contributed by atoms with van der Waals surface area (Å²) < 4.78 is 25.7. The van der Waals surface area contributed by atoms with Crippen LogP contribution < -0.4 is 0 Å². The molecule has 0 aromatic heterocycles. The fourth-order valence-electron chi connectivity index (χ4n) is 1.51. The van der Waals surface area contributed by atoms with Gasteiger partial charge in [0.05, 0.1) is 4.90 Å². The average molecular weight is 310 g/mol. The number of rotatable bonds is 7. The van der Waals surface area contributed by atoms with Crippen LogP contribution >= 0.6 is 23.2 Å². The molecule has 0 aliphatic rings. The molecule has 102 valence electrons. The highest BCUT2D eigenvalue weighted by molar-refractivity contribution is 7.89. The molecule has 3 nitrogen and oxygen atoms in total. The first-order chi connectivity index (χ1) is 8.48. The van der Waals surface area contributed by atoms with Crippen LogP contribution in [0.1, 0.15) is 19.3 Å². The second-order valence-corrected chi connectivity index (χ2v) is 6.89. The predicted octanol–water partition coefficient (Wildman–Crippen LogP) is 3.37. The Bertz CT molecular complexity index is 459. The van der Waals surface area contributed by atoms with Crippen molar-refractivity contribution in [2.75, 3.05) is 19.5 Å². The molecule has 0 saturated heterocycles. The lowest BCUT2D eigenvalue weighted by atomic mass is 10.2. The third kappa shape index (κ3) is 4.43. The second kappa shape index (κ2) is 7.34. The molecule has 0 saturated carbocycles. The van der Waals surface area contributed by atoms with E-state index in [-0.39, 0.29) is 4.90 Å². The minimum atomic E-state index is -3.40. The van der Waals surface area contributed by atoms with Gasteiger partial charge in [-0.15, -0.1) is 11.6 Å². The molecule has 1 rings (SSSR count). The van der Waals surface area contributed by atoms with Crippen LogP contribution in [0.15, 0.2) is 29.2 Å². The molecule has 0 N–H and O–H groups in total. The topological polar surface area (TPSA) is 37.4 Å². The SMILES string of the molecule is CN(CCCCCCl)S(=O)(=O)c1ccc(Cl)cc1. The molecule has 18 heavy (non-hydrogen) atoms. The van der Waals surface area contributed by atoms with Gasteiger partial charge >= 0.3 is 0 Å². The fraction of sp³-hybridized carbons (Fsp3) is 0.500. The molecule has 1 aromatic carbocycles. The quantitative estimate of drug-likeness (QED) is 0.572. The van der Waals surface area contributed by atoms with Crippen LogP contribution in [0.3, 0.4) is 0 Å². The van der Waals surface area contributed by atoms with Crippen LogP contribution in [0.4, 0.5) is 0 Å². The van der Waals surface area contributed by atoms with Crippen LogP contribution in [0.5, 0.6) is 0 Å². The molecule has 1 aromatic rings. The summed E-state index contributed by atoms with van der Waals surface area (Å²) >= 11 is 11.3. The van der Waals surface area contributed by atoms with Crippen LogP contribution in [-0.4, -0.2) is 32.2 Å². The van der Waals surface area contributed by atoms with Gasteiger partial charge in [-0.1, -0.05) is 18.0 Å². The van der Waals surface area contributed by atoms with E-state index in [4.69, 9.17) is 23.2 Å². The molecular formula is C12H17Cl2NO2S. The Hall–Kier alpha value is -0.290. The normalized spacial score (nSPS) is 12.0. The minimum absolute atomic E-state index is 0.270. The van der Waals surface area contributed by atoms with Crippen molar-refractivity contribution in [1.82, 2.24) is 4.31 Å². The summed E-state index contributed by atoms with van der Waals surface area (Å²) in [6.07, 6.45) is 2.66. The van der Waals surface area contributed by atoms with Crippen molar-refractivity contribution >= 4 is 33.2 Å². The van der Waals surface area contributed by atoms with Crippen molar-refractivity contribution in [3.63, 3.8) is 0 Å². The number of sulfonamides is 1. The van der Waals surface area contributed by atoms with Gasteiger partial charge in [-0.2, -0.15) is 0 Å². The van der Waals surface area contributed by atoms with Gasteiger partial charge in [-0.05, 0) is 37.1 Å². The smallest absolute Gasteiger partial charge is 0.207 e. The number of benzene rings is 1. The van der Waals surface area contributed by atoms with Gasteiger partial charge in [0.25, 0.3) is 0 Å². The zero-order chi connectivity index (χ0) is 13.6. The summed E-state index contributed by atoms with van der Waals surface area (Å²) in [6.45, 7) is 0.502. The summed E-state index contributed by atoms with van der Waals surface area (Å²) in [5.74, 6) is 0.619. The van der Waals surface area contributed by atoms with Crippen molar-refractivity contribution in [3.05, 3.63) is 29.3 Å². The number of nitrogens with zero attached hydrogens (tertiary/aromatic N) is 1. The van der Waals surface area contributed by atoms with Crippen molar-refractivity contribution in [3.8, 4) is 0 Å². The van der Waals surface area contributed by atoms with E-state index in [1.165, 1.54) is 16.4 Å². The molecule has 0 spiro atoms. The van der Waals surface area contributed by atoms with Gasteiger partial charge in [0.15, 0.2) is 0 Å². The number of hydrogen-bond acceptors (Lipinski definition) is 2. The van der Waals surface area contributed by atoms with Gasteiger partial charge in [-0.3, -0.25) is 0 Å². The van der Waals surface area contributed by atoms with Crippen LogP contribution in [0.25, 0.3) is 0 Å². The molecule has 6 heteroatoms. The third-order valence-electron chi connectivity index (χ3n) is 2.63. The number of unbranched alkanes of at least 4 members (excludes halogenated alkanes) is 2. The van der Waals surface area contributed by atoms with Crippen molar-refractivity contribution in [2.24, 2.45) is 0 Å².